The molecule has 0 amide bonds. The standard InChI is InChI=1S/C14H18N2O2S/c1-17-8-7-15-10-14-16-9-13(18-14)11-3-5-12(19-2)6-4-11/h3-6,9,15H,7-8,10H2,1-2H3. The minimum atomic E-state index is 0.617. The number of thioether (sulfide) groups is 1. The van der Waals surface area contributed by atoms with Crippen molar-refractivity contribution in [3.05, 3.63) is 36.4 Å². The number of nitrogens with zero attached hydrogens (tertiary/aromatic N) is 1. The largest absolute Gasteiger partial charge is 0.439 e. The Hall–Kier alpha value is -1.30. The van der Waals surface area contributed by atoms with Crippen molar-refractivity contribution in [3.8, 4) is 11.3 Å². The zero-order chi connectivity index (χ0) is 13.5. The van der Waals surface area contributed by atoms with Gasteiger partial charge in [-0.15, -0.1) is 11.8 Å². The summed E-state index contributed by atoms with van der Waals surface area (Å²) < 4.78 is 10.7. The van der Waals surface area contributed by atoms with Crippen LogP contribution >= 0.6 is 11.8 Å². The first kappa shape index (κ1) is 14.1. The lowest BCUT2D eigenvalue weighted by Gasteiger charge is -2.00. The minimum absolute atomic E-state index is 0.617. The minimum Gasteiger partial charge on any atom is -0.439 e. The molecule has 19 heavy (non-hydrogen) atoms. The highest BCUT2D eigenvalue weighted by atomic mass is 32.2. The predicted octanol–water partition coefficient (Wildman–Crippen LogP) is 2.80. The number of benzene rings is 1. The molecule has 2 aromatic rings. The van der Waals surface area contributed by atoms with Gasteiger partial charge in [-0.05, 0) is 18.4 Å². The smallest absolute Gasteiger partial charge is 0.208 e. The number of ether oxygens (including phenoxy) is 1. The summed E-state index contributed by atoms with van der Waals surface area (Å²) in [5, 5.41) is 3.20. The van der Waals surface area contributed by atoms with Crippen LogP contribution in [0.4, 0.5) is 0 Å². The molecule has 2 rings (SSSR count). The lowest BCUT2D eigenvalue weighted by atomic mass is 10.2. The molecule has 4 nitrogen and oxygen atoms in total. The van der Waals surface area contributed by atoms with Crippen molar-refractivity contribution in [1.29, 1.82) is 0 Å². The summed E-state index contributed by atoms with van der Waals surface area (Å²) >= 11 is 1.73. The number of rotatable bonds is 7. The van der Waals surface area contributed by atoms with E-state index in [0.717, 1.165) is 17.9 Å². The third-order valence-electron chi connectivity index (χ3n) is 2.69. The van der Waals surface area contributed by atoms with E-state index in [0.29, 0.717) is 19.0 Å². The van der Waals surface area contributed by atoms with Gasteiger partial charge in [-0.25, -0.2) is 4.98 Å². The van der Waals surface area contributed by atoms with E-state index >= 15 is 0 Å². The number of nitrogens with one attached hydrogen (secondary N) is 1. The Bertz CT molecular complexity index is 496. The summed E-state index contributed by atoms with van der Waals surface area (Å²) in [6, 6.07) is 8.26. The van der Waals surface area contributed by atoms with Gasteiger partial charge in [-0.1, -0.05) is 12.1 Å². The quantitative estimate of drug-likeness (QED) is 0.623. The van der Waals surface area contributed by atoms with Crippen LogP contribution in [0.1, 0.15) is 5.89 Å². The molecular formula is C14H18N2O2S. The van der Waals surface area contributed by atoms with Gasteiger partial charge in [-0.2, -0.15) is 0 Å². The average molecular weight is 278 g/mol. The number of aromatic nitrogens is 1. The van der Waals surface area contributed by atoms with E-state index in [-0.39, 0.29) is 0 Å². The Labute approximate surface area is 117 Å². The van der Waals surface area contributed by atoms with Gasteiger partial charge in [0.2, 0.25) is 5.89 Å². The highest BCUT2D eigenvalue weighted by Gasteiger charge is 2.05. The van der Waals surface area contributed by atoms with E-state index < -0.39 is 0 Å². The van der Waals surface area contributed by atoms with Crippen LogP contribution in [0.3, 0.4) is 0 Å². The maximum absolute atomic E-state index is 5.70. The average Bonchev–Trinajstić information content (AvgIpc) is 2.92. The van der Waals surface area contributed by atoms with Crippen LogP contribution in [-0.2, 0) is 11.3 Å². The molecule has 1 aromatic heterocycles. The topological polar surface area (TPSA) is 47.3 Å². The van der Waals surface area contributed by atoms with Crippen LogP contribution in [0.15, 0.2) is 39.8 Å². The molecule has 0 bridgehead atoms. The van der Waals surface area contributed by atoms with E-state index in [1.807, 2.05) is 0 Å². The highest BCUT2D eigenvalue weighted by molar-refractivity contribution is 7.98. The Morgan fingerprint density at radius 2 is 2.11 bits per heavy atom. The number of oxazole rings is 1. The number of hydrogen-bond acceptors (Lipinski definition) is 5. The first-order chi connectivity index (χ1) is 9.33. The fourth-order valence-corrected chi connectivity index (χ4v) is 2.06. The molecule has 1 aromatic carbocycles. The van der Waals surface area contributed by atoms with E-state index in [2.05, 4.69) is 40.8 Å². The first-order valence-corrected chi connectivity index (χ1v) is 7.34. The van der Waals surface area contributed by atoms with Gasteiger partial charge < -0.3 is 14.5 Å². The molecule has 0 saturated heterocycles. The molecule has 102 valence electrons. The summed E-state index contributed by atoms with van der Waals surface area (Å²) in [5.74, 6) is 1.50. The Balaban J connectivity index is 1.95. The fraction of sp³-hybridized carbons (Fsp3) is 0.357. The van der Waals surface area contributed by atoms with Crippen molar-refractivity contribution in [1.82, 2.24) is 10.3 Å². The summed E-state index contributed by atoms with van der Waals surface area (Å²) in [6.07, 6.45) is 3.83. The molecule has 0 aliphatic carbocycles. The van der Waals surface area contributed by atoms with Crippen molar-refractivity contribution in [3.63, 3.8) is 0 Å². The molecular weight excluding hydrogens is 260 g/mol. The Kier molecular flexibility index (Phi) is 5.44. The van der Waals surface area contributed by atoms with E-state index in [1.54, 1.807) is 25.1 Å². The van der Waals surface area contributed by atoms with Crippen molar-refractivity contribution in [2.45, 2.75) is 11.4 Å². The van der Waals surface area contributed by atoms with Crippen LogP contribution in [0.2, 0.25) is 0 Å². The lowest BCUT2D eigenvalue weighted by molar-refractivity contribution is 0.198. The van der Waals surface area contributed by atoms with Crippen LogP contribution in [0.25, 0.3) is 11.3 Å². The molecule has 0 aliphatic rings. The van der Waals surface area contributed by atoms with Crippen LogP contribution < -0.4 is 5.32 Å². The highest BCUT2D eigenvalue weighted by Crippen LogP contribution is 2.23. The normalized spacial score (nSPS) is 10.8. The molecule has 1 heterocycles. The molecule has 0 spiro atoms. The number of hydrogen-bond donors (Lipinski definition) is 1. The summed E-state index contributed by atoms with van der Waals surface area (Å²) in [5.41, 5.74) is 1.05. The van der Waals surface area contributed by atoms with Gasteiger partial charge in [0.25, 0.3) is 0 Å². The second kappa shape index (κ2) is 7.33. The van der Waals surface area contributed by atoms with Crippen LogP contribution in [-0.4, -0.2) is 31.5 Å². The van der Waals surface area contributed by atoms with Crippen molar-refractivity contribution >= 4 is 11.8 Å². The molecule has 0 saturated carbocycles. The van der Waals surface area contributed by atoms with Gasteiger partial charge in [0.1, 0.15) is 0 Å². The summed E-state index contributed by atoms with van der Waals surface area (Å²) in [7, 11) is 1.68. The number of methoxy groups -OCH3 is 1. The first-order valence-electron chi connectivity index (χ1n) is 6.12. The maximum atomic E-state index is 5.70. The van der Waals surface area contributed by atoms with Crippen molar-refractivity contribution in [2.75, 3.05) is 26.5 Å². The monoisotopic (exact) mass is 278 g/mol. The maximum Gasteiger partial charge on any atom is 0.208 e. The predicted molar refractivity (Wildman–Crippen MR) is 77.3 cm³/mol. The fourth-order valence-electron chi connectivity index (χ4n) is 1.65. The van der Waals surface area contributed by atoms with Gasteiger partial charge >= 0.3 is 0 Å². The van der Waals surface area contributed by atoms with E-state index in [1.165, 1.54) is 4.90 Å². The summed E-state index contributed by atoms with van der Waals surface area (Å²) in [6.45, 7) is 2.09. The second-order valence-corrected chi connectivity index (χ2v) is 4.90. The molecule has 1 N–H and O–H groups in total. The SMILES string of the molecule is COCCNCc1ncc(-c2ccc(SC)cc2)o1. The molecule has 0 fully saturated rings. The lowest BCUT2D eigenvalue weighted by Crippen LogP contribution is -2.18. The molecule has 0 radical (unpaired) electrons. The van der Waals surface area contributed by atoms with Gasteiger partial charge in [0, 0.05) is 24.1 Å². The molecule has 0 atom stereocenters. The summed E-state index contributed by atoms with van der Waals surface area (Å²) in [4.78, 5) is 5.50. The third-order valence-corrected chi connectivity index (χ3v) is 3.43. The van der Waals surface area contributed by atoms with Crippen molar-refractivity contribution in [2.24, 2.45) is 0 Å². The van der Waals surface area contributed by atoms with E-state index in [4.69, 9.17) is 9.15 Å². The third kappa shape index (κ3) is 4.09. The van der Waals surface area contributed by atoms with Gasteiger partial charge in [0.15, 0.2) is 5.76 Å². The zero-order valence-corrected chi connectivity index (χ0v) is 12.0. The second-order valence-electron chi connectivity index (χ2n) is 4.02. The van der Waals surface area contributed by atoms with Crippen LogP contribution in [0.5, 0.6) is 0 Å². The van der Waals surface area contributed by atoms with Crippen LogP contribution in [0, 0.1) is 0 Å². The van der Waals surface area contributed by atoms with Gasteiger partial charge in [0.05, 0.1) is 19.3 Å². The van der Waals surface area contributed by atoms with Crippen molar-refractivity contribution < 1.29 is 9.15 Å². The Morgan fingerprint density at radius 3 is 2.79 bits per heavy atom. The molecule has 5 heteroatoms. The Morgan fingerprint density at radius 1 is 1.32 bits per heavy atom. The molecule has 0 aliphatic heterocycles. The van der Waals surface area contributed by atoms with E-state index in [9.17, 15) is 0 Å². The molecule has 0 unspecified atom stereocenters. The van der Waals surface area contributed by atoms with Gasteiger partial charge in [-0.3, -0.25) is 0 Å². The zero-order valence-electron chi connectivity index (χ0n) is 11.2.